The molecule has 2 saturated heterocycles. The molecule has 186 valence electrons. The van der Waals surface area contributed by atoms with Gasteiger partial charge in [-0.05, 0) is 68.2 Å². The van der Waals surface area contributed by atoms with Gasteiger partial charge in [-0.2, -0.15) is 0 Å². The van der Waals surface area contributed by atoms with Crippen molar-refractivity contribution in [1.29, 1.82) is 0 Å². The first-order chi connectivity index (χ1) is 17.5. The smallest absolute Gasteiger partial charge is 0.341 e. The number of hydrogen-bond acceptors (Lipinski definition) is 8. The van der Waals surface area contributed by atoms with E-state index in [2.05, 4.69) is 0 Å². The van der Waals surface area contributed by atoms with Crippen LogP contribution in [0.15, 0.2) is 41.8 Å². The number of para-hydroxylation sites is 1. The Bertz CT molecular complexity index is 1350. The summed E-state index contributed by atoms with van der Waals surface area (Å²) in [6.45, 7) is 3.97. The number of thiophene rings is 2. The number of carbonyl (C=O) groups excluding carboxylic acids is 3. The van der Waals surface area contributed by atoms with E-state index in [4.69, 9.17) is 9.57 Å². The van der Waals surface area contributed by atoms with Crippen LogP contribution in [0.4, 0.5) is 10.7 Å². The van der Waals surface area contributed by atoms with Crippen LogP contribution in [0, 0.1) is 12.8 Å². The van der Waals surface area contributed by atoms with Crippen molar-refractivity contribution in [2.75, 3.05) is 16.6 Å². The number of ether oxygens (including phenoxy) is 1. The minimum atomic E-state index is -0.960. The monoisotopic (exact) mass is 522 g/mol. The Labute approximate surface area is 217 Å². The van der Waals surface area contributed by atoms with Gasteiger partial charge in [0.05, 0.1) is 17.9 Å². The Kier molecular flexibility index (Phi) is 5.94. The zero-order valence-electron chi connectivity index (χ0n) is 20.1. The van der Waals surface area contributed by atoms with E-state index >= 15 is 0 Å². The van der Waals surface area contributed by atoms with E-state index in [0.717, 1.165) is 52.3 Å². The molecule has 7 nitrogen and oxygen atoms in total. The highest BCUT2D eigenvalue weighted by Crippen LogP contribution is 2.51. The van der Waals surface area contributed by atoms with Gasteiger partial charge in [0.2, 0.25) is 5.91 Å². The van der Waals surface area contributed by atoms with Crippen LogP contribution < -0.4 is 9.96 Å². The van der Waals surface area contributed by atoms with Crippen LogP contribution in [0.2, 0.25) is 0 Å². The molecule has 36 heavy (non-hydrogen) atoms. The summed E-state index contributed by atoms with van der Waals surface area (Å²) in [5.41, 5.74) is 3.12. The number of anilines is 2. The Hall–Kier alpha value is -3.01. The predicted octanol–water partition coefficient (Wildman–Crippen LogP) is 5.22. The van der Waals surface area contributed by atoms with Crippen LogP contribution in [-0.2, 0) is 32.0 Å². The Morgan fingerprint density at radius 2 is 1.92 bits per heavy atom. The molecule has 2 aliphatic heterocycles. The van der Waals surface area contributed by atoms with Crippen molar-refractivity contribution in [3.05, 3.63) is 68.2 Å². The molecule has 3 unspecified atom stereocenters. The number of benzene rings is 1. The number of aryl methyl sites for hydroxylation is 2. The van der Waals surface area contributed by atoms with Crippen molar-refractivity contribution in [2.24, 2.45) is 5.92 Å². The molecule has 0 bridgehead atoms. The largest absolute Gasteiger partial charge is 0.462 e. The van der Waals surface area contributed by atoms with Gasteiger partial charge in [-0.25, -0.2) is 14.8 Å². The van der Waals surface area contributed by atoms with Gasteiger partial charge in [-0.3, -0.25) is 14.4 Å². The van der Waals surface area contributed by atoms with Gasteiger partial charge < -0.3 is 4.74 Å². The molecule has 4 heterocycles. The lowest BCUT2D eigenvalue weighted by atomic mass is 9.94. The first-order valence-corrected chi connectivity index (χ1v) is 13.9. The van der Waals surface area contributed by atoms with Gasteiger partial charge in [0.15, 0.2) is 6.10 Å². The van der Waals surface area contributed by atoms with E-state index in [-0.39, 0.29) is 12.5 Å². The van der Waals surface area contributed by atoms with E-state index in [1.807, 2.05) is 48.7 Å². The fourth-order valence-electron chi connectivity index (χ4n) is 5.51. The third kappa shape index (κ3) is 3.52. The summed E-state index contributed by atoms with van der Waals surface area (Å²) < 4.78 is 5.37. The third-order valence-electron chi connectivity index (χ3n) is 7.14. The highest BCUT2D eigenvalue weighted by Gasteiger charge is 2.61. The molecule has 9 heteroatoms. The topological polar surface area (TPSA) is 76.2 Å². The molecule has 0 radical (unpaired) electrons. The second-order valence-electron chi connectivity index (χ2n) is 9.25. The molecule has 1 aromatic carbocycles. The van der Waals surface area contributed by atoms with Gasteiger partial charge in [0.25, 0.3) is 5.91 Å². The van der Waals surface area contributed by atoms with E-state index in [1.54, 1.807) is 12.0 Å². The summed E-state index contributed by atoms with van der Waals surface area (Å²) in [6.07, 6.45) is 2.62. The lowest BCUT2D eigenvalue weighted by molar-refractivity contribution is -0.126. The SMILES string of the molecule is CCOC(=O)c1c(N2C(=O)C3ON(c4ccccc4C)C(c4cccs4)C3C2=O)sc2c1CCCC2. The number of hydroxylamine groups is 1. The molecular formula is C27H26N2O5S2. The fraction of sp³-hybridized carbons (Fsp3) is 0.370. The number of carbonyl (C=O) groups is 3. The molecule has 2 aromatic heterocycles. The number of esters is 1. The highest BCUT2D eigenvalue weighted by molar-refractivity contribution is 7.17. The Morgan fingerprint density at radius 3 is 2.67 bits per heavy atom. The quantitative estimate of drug-likeness (QED) is 0.338. The van der Waals surface area contributed by atoms with Crippen LogP contribution in [0.5, 0.6) is 0 Å². The van der Waals surface area contributed by atoms with Gasteiger partial charge in [0, 0.05) is 9.75 Å². The van der Waals surface area contributed by atoms with Crippen LogP contribution in [0.3, 0.4) is 0 Å². The van der Waals surface area contributed by atoms with Crippen molar-refractivity contribution in [1.82, 2.24) is 0 Å². The Balaban J connectivity index is 1.44. The number of nitrogens with zero attached hydrogens (tertiary/aromatic N) is 2. The molecule has 6 rings (SSSR count). The van der Waals surface area contributed by atoms with Crippen LogP contribution in [-0.4, -0.2) is 30.5 Å². The minimum Gasteiger partial charge on any atom is -0.462 e. The molecule has 2 fully saturated rings. The number of imide groups is 1. The molecule has 3 aromatic rings. The first-order valence-electron chi connectivity index (χ1n) is 12.3. The summed E-state index contributed by atoms with van der Waals surface area (Å²) in [7, 11) is 0. The van der Waals surface area contributed by atoms with Crippen LogP contribution in [0.1, 0.15) is 57.0 Å². The summed E-state index contributed by atoms with van der Waals surface area (Å²) in [5.74, 6) is -1.94. The molecule has 1 aliphatic carbocycles. The second-order valence-corrected chi connectivity index (χ2v) is 11.3. The van der Waals surface area contributed by atoms with Gasteiger partial charge in [0.1, 0.15) is 17.0 Å². The average Bonchev–Trinajstić information content (AvgIpc) is 3.64. The van der Waals surface area contributed by atoms with E-state index in [0.29, 0.717) is 10.6 Å². The average molecular weight is 523 g/mol. The van der Waals surface area contributed by atoms with Crippen molar-refractivity contribution in [3.63, 3.8) is 0 Å². The van der Waals surface area contributed by atoms with Crippen molar-refractivity contribution >= 4 is 51.1 Å². The second kappa shape index (κ2) is 9.14. The van der Waals surface area contributed by atoms with Crippen LogP contribution in [0.25, 0.3) is 0 Å². The molecule has 0 N–H and O–H groups in total. The summed E-state index contributed by atoms with van der Waals surface area (Å²) >= 11 is 2.91. The van der Waals surface area contributed by atoms with Crippen LogP contribution >= 0.6 is 22.7 Å². The van der Waals surface area contributed by atoms with E-state index < -0.39 is 29.9 Å². The lowest BCUT2D eigenvalue weighted by Gasteiger charge is -2.28. The highest BCUT2D eigenvalue weighted by atomic mass is 32.1. The molecule has 3 atom stereocenters. The predicted molar refractivity (Wildman–Crippen MR) is 138 cm³/mol. The molecular weight excluding hydrogens is 496 g/mol. The van der Waals surface area contributed by atoms with E-state index in [9.17, 15) is 14.4 Å². The van der Waals surface area contributed by atoms with Crippen molar-refractivity contribution in [2.45, 2.75) is 51.7 Å². The van der Waals surface area contributed by atoms with Gasteiger partial charge in [-0.15, -0.1) is 22.7 Å². The molecule has 2 amide bonds. The van der Waals surface area contributed by atoms with Gasteiger partial charge in [-0.1, -0.05) is 24.3 Å². The van der Waals surface area contributed by atoms with Crippen molar-refractivity contribution < 1.29 is 24.0 Å². The molecule has 3 aliphatic rings. The summed E-state index contributed by atoms with van der Waals surface area (Å²) in [6, 6.07) is 11.3. The van der Waals surface area contributed by atoms with E-state index in [1.165, 1.54) is 27.6 Å². The maximum Gasteiger partial charge on any atom is 0.341 e. The zero-order valence-corrected chi connectivity index (χ0v) is 21.7. The standard InChI is InChI=1S/C27H26N2O5S2/c1-3-33-27(32)20-16-10-5-7-12-18(16)36-26(20)28-24(30)21-22(19-13-8-14-35-19)29(34-23(21)25(28)31)17-11-6-4-9-15(17)2/h4,6,8-9,11,13-14,21-23H,3,5,7,10,12H2,1-2H3. The fourth-order valence-corrected chi connectivity index (χ4v) is 7.75. The number of hydrogen-bond donors (Lipinski definition) is 0. The Morgan fingerprint density at radius 1 is 1.11 bits per heavy atom. The normalized spacial score (nSPS) is 23.2. The molecule has 0 spiro atoms. The van der Waals surface area contributed by atoms with Crippen molar-refractivity contribution in [3.8, 4) is 0 Å². The maximum atomic E-state index is 14.1. The zero-order chi connectivity index (χ0) is 25.0. The minimum absolute atomic E-state index is 0.227. The lowest BCUT2D eigenvalue weighted by Crippen LogP contribution is -2.37. The maximum absolute atomic E-state index is 14.1. The number of fused-ring (bicyclic) bond motifs is 2. The number of amides is 2. The molecule has 0 saturated carbocycles. The first kappa shape index (κ1) is 23.4. The third-order valence-corrected chi connectivity index (χ3v) is 9.36. The van der Waals surface area contributed by atoms with Gasteiger partial charge >= 0.3 is 5.97 Å². The summed E-state index contributed by atoms with van der Waals surface area (Å²) in [5, 5.41) is 4.08. The number of rotatable bonds is 5. The summed E-state index contributed by atoms with van der Waals surface area (Å²) in [4.78, 5) is 50.4.